The maximum absolute atomic E-state index is 12.5. The number of aryl methyl sites for hydroxylation is 1. The zero-order chi connectivity index (χ0) is 20.3. The van der Waals surface area contributed by atoms with Crippen molar-refractivity contribution in [1.82, 2.24) is 4.90 Å². The highest BCUT2D eigenvalue weighted by Gasteiger charge is 2.37. The van der Waals surface area contributed by atoms with E-state index in [1.165, 1.54) is 22.2 Å². The third-order valence-corrected chi connectivity index (χ3v) is 5.93. The number of anilines is 1. The van der Waals surface area contributed by atoms with Gasteiger partial charge in [0, 0.05) is 19.2 Å². The zero-order valence-electron chi connectivity index (χ0n) is 16.6. The molecule has 2 aromatic rings. The van der Waals surface area contributed by atoms with Crippen molar-refractivity contribution in [3.63, 3.8) is 0 Å². The minimum atomic E-state index is -0.456. The monoisotopic (exact) mass is 395 g/mol. The van der Waals surface area contributed by atoms with Crippen LogP contribution in [0, 0.1) is 6.92 Å². The molecule has 0 radical (unpaired) electrons. The molecule has 0 saturated carbocycles. The van der Waals surface area contributed by atoms with E-state index in [4.69, 9.17) is 0 Å². The standard InChI is InChI=1S/C22H25N3O2S/c1-14(2)16-9-11-17(12-10-16)23-20(26)13-19-21(27)25(4)22(28-19)24-18-8-6-5-7-15(18)3/h5-12,14,19H,13H2,1-4H3,(H,23,26)/t19-/m1/s1. The van der Waals surface area contributed by atoms with Crippen molar-refractivity contribution in [2.75, 3.05) is 12.4 Å². The molecule has 1 aliphatic rings. The van der Waals surface area contributed by atoms with Gasteiger partial charge >= 0.3 is 0 Å². The number of benzene rings is 2. The lowest BCUT2D eigenvalue weighted by molar-refractivity contribution is -0.127. The van der Waals surface area contributed by atoms with Gasteiger partial charge in [0.25, 0.3) is 0 Å². The first-order valence-corrected chi connectivity index (χ1v) is 10.2. The van der Waals surface area contributed by atoms with Crippen molar-refractivity contribution in [2.24, 2.45) is 4.99 Å². The summed E-state index contributed by atoms with van der Waals surface area (Å²) in [4.78, 5) is 31.1. The van der Waals surface area contributed by atoms with E-state index in [1.807, 2.05) is 55.5 Å². The van der Waals surface area contributed by atoms with Crippen molar-refractivity contribution in [2.45, 2.75) is 38.4 Å². The fourth-order valence-electron chi connectivity index (χ4n) is 2.92. The number of aliphatic imine (C=N–C) groups is 1. The topological polar surface area (TPSA) is 61.8 Å². The Bertz CT molecular complexity index is 906. The smallest absolute Gasteiger partial charge is 0.242 e. The summed E-state index contributed by atoms with van der Waals surface area (Å²) in [6, 6.07) is 15.6. The quantitative estimate of drug-likeness (QED) is 0.798. The summed E-state index contributed by atoms with van der Waals surface area (Å²) in [5, 5.41) is 3.05. The second-order valence-corrected chi connectivity index (χ2v) is 8.38. The molecule has 6 heteroatoms. The number of thioether (sulfide) groups is 1. The third-order valence-electron chi connectivity index (χ3n) is 4.70. The largest absolute Gasteiger partial charge is 0.326 e. The van der Waals surface area contributed by atoms with Gasteiger partial charge in [0.05, 0.1) is 5.69 Å². The third kappa shape index (κ3) is 4.62. The van der Waals surface area contributed by atoms with Crippen LogP contribution in [0.25, 0.3) is 0 Å². The van der Waals surface area contributed by atoms with Crippen LogP contribution in [-0.2, 0) is 9.59 Å². The molecule has 1 fully saturated rings. The molecule has 1 atom stereocenters. The summed E-state index contributed by atoms with van der Waals surface area (Å²) in [6.07, 6.45) is 0.118. The Hall–Kier alpha value is -2.60. The first-order valence-electron chi connectivity index (χ1n) is 9.33. The van der Waals surface area contributed by atoms with Crippen molar-refractivity contribution >= 4 is 40.1 Å². The highest BCUT2D eigenvalue weighted by atomic mass is 32.2. The maximum atomic E-state index is 12.5. The number of amidine groups is 1. The average molecular weight is 396 g/mol. The Morgan fingerprint density at radius 2 is 1.86 bits per heavy atom. The van der Waals surface area contributed by atoms with Gasteiger partial charge in [-0.1, -0.05) is 55.9 Å². The summed E-state index contributed by atoms with van der Waals surface area (Å²) in [7, 11) is 1.70. The molecule has 146 valence electrons. The van der Waals surface area contributed by atoms with Crippen molar-refractivity contribution in [3.8, 4) is 0 Å². The number of nitrogens with zero attached hydrogens (tertiary/aromatic N) is 2. The van der Waals surface area contributed by atoms with Gasteiger partial charge in [0.15, 0.2) is 5.17 Å². The number of hydrogen-bond donors (Lipinski definition) is 1. The van der Waals surface area contributed by atoms with E-state index >= 15 is 0 Å². The SMILES string of the molecule is Cc1ccccc1N=C1S[C@H](CC(=O)Nc2ccc(C(C)C)cc2)C(=O)N1C. The predicted molar refractivity (Wildman–Crippen MR) is 116 cm³/mol. The van der Waals surface area contributed by atoms with E-state index in [-0.39, 0.29) is 18.2 Å². The fraction of sp³-hybridized carbons (Fsp3) is 0.318. The molecule has 2 aromatic carbocycles. The van der Waals surface area contributed by atoms with E-state index in [9.17, 15) is 9.59 Å². The second-order valence-electron chi connectivity index (χ2n) is 7.21. The minimum Gasteiger partial charge on any atom is -0.326 e. The second kappa shape index (κ2) is 8.61. The number of carbonyl (C=O) groups excluding carboxylic acids is 2. The Morgan fingerprint density at radius 3 is 2.50 bits per heavy atom. The van der Waals surface area contributed by atoms with Gasteiger partial charge in [-0.2, -0.15) is 0 Å². The van der Waals surface area contributed by atoms with E-state index in [0.717, 1.165) is 16.9 Å². The summed E-state index contributed by atoms with van der Waals surface area (Å²) >= 11 is 1.34. The Kier molecular flexibility index (Phi) is 6.19. The van der Waals surface area contributed by atoms with Crippen LogP contribution in [0.15, 0.2) is 53.5 Å². The minimum absolute atomic E-state index is 0.0948. The van der Waals surface area contributed by atoms with Crippen molar-refractivity contribution in [1.29, 1.82) is 0 Å². The van der Waals surface area contributed by atoms with Crippen LogP contribution in [0.5, 0.6) is 0 Å². The highest BCUT2D eigenvalue weighted by Crippen LogP contribution is 2.31. The van der Waals surface area contributed by atoms with Gasteiger partial charge in [-0.25, -0.2) is 4.99 Å². The van der Waals surface area contributed by atoms with Crippen LogP contribution in [0.4, 0.5) is 11.4 Å². The molecule has 0 aliphatic carbocycles. The van der Waals surface area contributed by atoms with Crippen LogP contribution in [0.1, 0.15) is 37.3 Å². The van der Waals surface area contributed by atoms with Gasteiger partial charge in [-0.3, -0.25) is 14.5 Å². The van der Waals surface area contributed by atoms with Crippen molar-refractivity contribution in [3.05, 3.63) is 59.7 Å². The summed E-state index contributed by atoms with van der Waals surface area (Å²) in [6.45, 7) is 6.24. The van der Waals surface area contributed by atoms with E-state index in [0.29, 0.717) is 11.1 Å². The Morgan fingerprint density at radius 1 is 1.18 bits per heavy atom. The van der Waals surface area contributed by atoms with Gasteiger partial charge in [0.2, 0.25) is 11.8 Å². The van der Waals surface area contributed by atoms with E-state index < -0.39 is 5.25 Å². The number of para-hydroxylation sites is 1. The van der Waals surface area contributed by atoms with Crippen LogP contribution < -0.4 is 5.32 Å². The zero-order valence-corrected chi connectivity index (χ0v) is 17.4. The number of amides is 2. The molecule has 1 saturated heterocycles. The van der Waals surface area contributed by atoms with Crippen molar-refractivity contribution < 1.29 is 9.59 Å². The normalized spacial score (nSPS) is 18.2. The summed E-state index contributed by atoms with van der Waals surface area (Å²) in [5.41, 5.74) is 3.84. The molecule has 28 heavy (non-hydrogen) atoms. The van der Waals surface area contributed by atoms with E-state index in [1.54, 1.807) is 7.05 Å². The fourth-order valence-corrected chi connectivity index (χ4v) is 4.07. The van der Waals surface area contributed by atoms with Gasteiger partial charge in [-0.05, 0) is 42.2 Å². The summed E-state index contributed by atoms with van der Waals surface area (Å²) in [5.74, 6) is 0.176. The summed E-state index contributed by atoms with van der Waals surface area (Å²) < 4.78 is 0. The Labute approximate surface area is 170 Å². The molecule has 1 N–H and O–H groups in total. The number of rotatable bonds is 5. The number of nitrogens with one attached hydrogen (secondary N) is 1. The molecular formula is C22H25N3O2S. The molecule has 1 heterocycles. The van der Waals surface area contributed by atoms with Crippen LogP contribution in [0.3, 0.4) is 0 Å². The molecule has 0 unspecified atom stereocenters. The Balaban J connectivity index is 1.65. The first-order chi connectivity index (χ1) is 13.3. The van der Waals surface area contributed by atoms with E-state index in [2.05, 4.69) is 24.2 Å². The van der Waals surface area contributed by atoms with Crippen LogP contribution in [0.2, 0.25) is 0 Å². The average Bonchev–Trinajstić information content (AvgIpc) is 2.92. The van der Waals surface area contributed by atoms with Crippen LogP contribution in [-0.4, -0.2) is 34.2 Å². The van der Waals surface area contributed by atoms with Gasteiger partial charge < -0.3 is 5.32 Å². The molecule has 0 bridgehead atoms. The lowest BCUT2D eigenvalue weighted by Gasteiger charge is -2.10. The molecule has 2 amide bonds. The number of hydrogen-bond acceptors (Lipinski definition) is 4. The predicted octanol–water partition coefficient (Wildman–Crippen LogP) is 4.71. The van der Waals surface area contributed by atoms with Crippen LogP contribution >= 0.6 is 11.8 Å². The highest BCUT2D eigenvalue weighted by molar-refractivity contribution is 8.15. The molecular weight excluding hydrogens is 370 g/mol. The maximum Gasteiger partial charge on any atom is 0.242 e. The molecule has 0 aromatic heterocycles. The molecule has 1 aliphatic heterocycles. The molecule has 0 spiro atoms. The molecule has 5 nitrogen and oxygen atoms in total. The van der Waals surface area contributed by atoms with Gasteiger partial charge in [-0.15, -0.1) is 0 Å². The first kappa shape index (κ1) is 20.1. The molecule has 3 rings (SSSR count). The number of carbonyl (C=O) groups is 2. The lowest BCUT2D eigenvalue weighted by atomic mass is 10.0. The van der Waals surface area contributed by atoms with Gasteiger partial charge in [0.1, 0.15) is 5.25 Å². The lowest BCUT2D eigenvalue weighted by Crippen LogP contribution is -2.30.